The lowest BCUT2D eigenvalue weighted by molar-refractivity contribution is 0.123. The number of hydrogen-bond donors (Lipinski definition) is 1. The van der Waals surface area contributed by atoms with E-state index >= 15 is 0 Å². The van der Waals surface area contributed by atoms with Gasteiger partial charge >= 0.3 is 0 Å². The molecule has 0 aromatic carbocycles. The average molecular weight is 261 g/mol. The van der Waals surface area contributed by atoms with Crippen LogP contribution in [0.1, 0.15) is 50.8 Å². The Bertz CT molecular complexity index is 404. The zero-order chi connectivity index (χ0) is 13.9. The monoisotopic (exact) mass is 261 g/mol. The minimum atomic E-state index is 0.523. The van der Waals surface area contributed by atoms with Crippen molar-refractivity contribution in [3.05, 3.63) is 29.6 Å². The number of aromatic nitrogens is 1. The summed E-state index contributed by atoms with van der Waals surface area (Å²) in [4.78, 5) is 6.74. The van der Waals surface area contributed by atoms with Gasteiger partial charge in [-0.25, -0.2) is 0 Å². The molecule has 2 N–H and O–H groups in total. The molecule has 1 heterocycles. The topological polar surface area (TPSA) is 42.2 Å². The molecule has 0 aliphatic heterocycles. The molecule has 0 amide bonds. The summed E-state index contributed by atoms with van der Waals surface area (Å²) in [5.41, 5.74) is 8.49. The summed E-state index contributed by atoms with van der Waals surface area (Å²) in [6, 6.07) is 4.95. The summed E-state index contributed by atoms with van der Waals surface area (Å²) >= 11 is 0. The highest BCUT2D eigenvalue weighted by atomic mass is 15.1. The van der Waals surface area contributed by atoms with Crippen LogP contribution in [0.5, 0.6) is 0 Å². The molecule has 1 saturated carbocycles. The van der Waals surface area contributed by atoms with Crippen molar-refractivity contribution in [3.8, 4) is 0 Å². The van der Waals surface area contributed by atoms with E-state index < -0.39 is 0 Å². The molecule has 0 spiro atoms. The molecule has 1 aromatic heterocycles. The van der Waals surface area contributed by atoms with Gasteiger partial charge in [0.05, 0.1) is 5.69 Å². The van der Waals surface area contributed by atoms with Crippen LogP contribution in [0.2, 0.25) is 0 Å². The van der Waals surface area contributed by atoms with Crippen LogP contribution in [0.4, 0.5) is 0 Å². The summed E-state index contributed by atoms with van der Waals surface area (Å²) in [6.07, 6.45) is 7.19. The van der Waals surface area contributed by atoms with Crippen LogP contribution in [0.25, 0.3) is 0 Å². The maximum absolute atomic E-state index is 5.65. The second-order valence-corrected chi connectivity index (χ2v) is 6.67. The molecule has 0 bridgehead atoms. The zero-order valence-electron chi connectivity index (χ0n) is 12.5. The first kappa shape index (κ1) is 14.5. The SMILES string of the molecule is CN(Cc1ccnc(CN)c1)C1CCC(C)(C)CC1. The van der Waals surface area contributed by atoms with Crippen LogP contribution >= 0.6 is 0 Å². The van der Waals surface area contributed by atoms with Gasteiger partial charge in [0.2, 0.25) is 0 Å². The van der Waals surface area contributed by atoms with Crippen molar-refractivity contribution < 1.29 is 0 Å². The van der Waals surface area contributed by atoms with Crippen LogP contribution in [-0.4, -0.2) is 23.0 Å². The zero-order valence-corrected chi connectivity index (χ0v) is 12.5. The Labute approximate surface area is 117 Å². The first-order valence-corrected chi connectivity index (χ1v) is 7.34. The normalized spacial score (nSPS) is 19.8. The molecular formula is C16H27N3. The quantitative estimate of drug-likeness (QED) is 0.906. The maximum atomic E-state index is 5.65. The van der Waals surface area contributed by atoms with E-state index in [2.05, 4.69) is 42.9 Å². The third-order valence-electron chi connectivity index (χ3n) is 4.45. The van der Waals surface area contributed by atoms with Crippen molar-refractivity contribution in [1.29, 1.82) is 0 Å². The van der Waals surface area contributed by atoms with Crippen LogP contribution < -0.4 is 5.73 Å². The van der Waals surface area contributed by atoms with E-state index in [-0.39, 0.29) is 0 Å². The van der Waals surface area contributed by atoms with Gasteiger partial charge in [0, 0.05) is 25.3 Å². The van der Waals surface area contributed by atoms with Gasteiger partial charge < -0.3 is 5.73 Å². The molecule has 2 rings (SSSR count). The highest BCUT2D eigenvalue weighted by Crippen LogP contribution is 2.36. The fraction of sp³-hybridized carbons (Fsp3) is 0.688. The molecule has 1 aliphatic rings. The molecule has 1 fully saturated rings. The third kappa shape index (κ3) is 4.02. The lowest BCUT2D eigenvalue weighted by Crippen LogP contribution is -2.36. The minimum Gasteiger partial charge on any atom is -0.325 e. The van der Waals surface area contributed by atoms with E-state index in [1.54, 1.807) is 0 Å². The van der Waals surface area contributed by atoms with Gasteiger partial charge in [-0.2, -0.15) is 0 Å². The van der Waals surface area contributed by atoms with Crippen molar-refractivity contribution in [3.63, 3.8) is 0 Å². The highest BCUT2D eigenvalue weighted by Gasteiger charge is 2.28. The van der Waals surface area contributed by atoms with Gasteiger partial charge in [-0.15, -0.1) is 0 Å². The number of rotatable bonds is 4. The van der Waals surface area contributed by atoms with Gasteiger partial charge in [0.1, 0.15) is 0 Å². The van der Waals surface area contributed by atoms with Crippen molar-refractivity contribution in [2.75, 3.05) is 7.05 Å². The van der Waals surface area contributed by atoms with E-state index in [1.807, 2.05) is 6.20 Å². The first-order chi connectivity index (χ1) is 9.00. The van der Waals surface area contributed by atoms with E-state index in [1.165, 1.54) is 31.2 Å². The Hall–Kier alpha value is -0.930. The number of pyridine rings is 1. The van der Waals surface area contributed by atoms with Gasteiger partial charge in [0.25, 0.3) is 0 Å². The minimum absolute atomic E-state index is 0.523. The Balaban J connectivity index is 1.92. The summed E-state index contributed by atoms with van der Waals surface area (Å²) < 4.78 is 0. The smallest absolute Gasteiger partial charge is 0.0542 e. The van der Waals surface area contributed by atoms with E-state index in [0.29, 0.717) is 12.0 Å². The summed E-state index contributed by atoms with van der Waals surface area (Å²) in [7, 11) is 2.24. The molecule has 19 heavy (non-hydrogen) atoms. The fourth-order valence-corrected chi connectivity index (χ4v) is 2.98. The van der Waals surface area contributed by atoms with Gasteiger partial charge in [0.15, 0.2) is 0 Å². The molecule has 106 valence electrons. The third-order valence-corrected chi connectivity index (χ3v) is 4.45. The molecule has 3 nitrogen and oxygen atoms in total. The lowest BCUT2D eigenvalue weighted by atomic mass is 9.75. The highest BCUT2D eigenvalue weighted by molar-refractivity contribution is 5.16. The molecule has 0 atom stereocenters. The van der Waals surface area contributed by atoms with Crippen molar-refractivity contribution in [2.45, 2.75) is 58.7 Å². The van der Waals surface area contributed by atoms with Gasteiger partial charge in [-0.3, -0.25) is 9.88 Å². The van der Waals surface area contributed by atoms with Crippen molar-refractivity contribution >= 4 is 0 Å². The Morgan fingerprint density at radius 1 is 1.37 bits per heavy atom. The molecule has 1 aliphatic carbocycles. The second kappa shape index (κ2) is 6.02. The van der Waals surface area contributed by atoms with Crippen molar-refractivity contribution in [1.82, 2.24) is 9.88 Å². The van der Waals surface area contributed by atoms with Gasteiger partial charge in [-0.05, 0) is 55.8 Å². The van der Waals surface area contributed by atoms with Crippen LogP contribution in [0.3, 0.4) is 0 Å². The lowest BCUT2D eigenvalue weighted by Gasteiger charge is -2.38. The molecule has 1 aromatic rings. The van der Waals surface area contributed by atoms with Gasteiger partial charge in [-0.1, -0.05) is 13.8 Å². The number of hydrogen-bond acceptors (Lipinski definition) is 3. The molecule has 3 heteroatoms. The molecule has 0 saturated heterocycles. The first-order valence-electron chi connectivity index (χ1n) is 7.34. The molecular weight excluding hydrogens is 234 g/mol. The number of nitrogens with zero attached hydrogens (tertiary/aromatic N) is 2. The van der Waals surface area contributed by atoms with Crippen LogP contribution in [-0.2, 0) is 13.1 Å². The maximum Gasteiger partial charge on any atom is 0.0542 e. The summed E-state index contributed by atoms with van der Waals surface area (Å²) in [5, 5.41) is 0. The van der Waals surface area contributed by atoms with E-state index in [4.69, 9.17) is 5.73 Å². The number of nitrogens with two attached hydrogens (primary N) is 1. The Morgan fingerprint density at radius 2 is 2.05 bits per heavy atom. The Kier molecular flexibility index (Phi) is 4.58. The molecule has 0 radical (unpaired) electrons. The van der Waals surface area contributed by atoms with E-state index in [0.717, 1.165) is 18.3 Å². The Morgan fingerprint density at radius 3 is 2.68 bits per heavy atom. The van der Waals surface area contributed by atoms with Crippen molar-refractivity contribution in [2.24, 2.45) is 11.1 Å². The molecule has 0 unspecified atom stereocenters. The van der Waals surface area contributed by atoms with E-state index in [9.17, 15) is 0 Å². The average Bonchev–Trinajstić information content (AvgIpc) is 2.38. The van der Waals surface area contributed by atoms with Crippen LogP contribution in [0.15, 0.2) is 18.3 Å². The van der Waals surface area contributed by atoms with Crippen LogP contribution in [0, 0.1) is 5.41 Å². The largest absolute Gasteiger partial charge is 0.325 e. The summed E-state index contributed by atoms with van der Waals surface area (Å²) in [5.74, 6) is 0. The predicted molar refractivity (Wildman–Crippen MR) is 79.6 cm³/mol. The second-order valence-electron chi connectivity index (χ2n) is 6.67. The fourth-order valence-electron chi connectivity index (χ4n) is 2.98. The summed E-state index contributed by atoms with van der Waals surface area (Å²) in [6.45, 7) is 6.30. The predicted octanol–water partition coefficient (Wildman–Crippen LogP) is 2.94. The standard InChI is InChI=1S/C16H27N3/c1-16(2)7-4-15(5-8-16)19(3)12-13-6-9-18-14(10-13)11-17/h6,9-10,15H,4-5,7-8,11-12,17H2,1-3H3.